The van der Waals surface area contributed by atoms with Crippen LogP contribution in [0.3, 0.4) is 0 Å². The van der Waals surface area contributed by atoms with Crippen LogP contribution in [0.15, 0.2) is 78.9 Å². The van der Waals surface area contributed by atoms with Gasteiger partial charge in [-0.2, -0.15) is 0 Å². The zero-order valence-corrected chi connectivity index (χ0v) is 25.5. The van der Waals surface area contributed by atoms with Crippen LogP contribution in [0.5, 0.6) is 17.2 Å². The van der Waals surface area contributed by atoms with Gasteiger partial charge in [-0.3, -0.25) is 0 Å². The van der Waals surface area contributed by atoms with Crippen molar-refractivity contribution < 1.29 is 33.3 Å². The van der Waals surface area contributed by atoms with Gasteiger partial charge < -0.3 is 18.9 Å². The smallest absolute Gasteiger partial charge is 0.343 e. The van der Waals surface area contributed by atoms with Gasteiger partial charge in [-0.25, -0.2) is 14.4 Å². The number of aryl methyl sites for hydroxylation is 2. The standard InChI is InChI=1S/C36H42O7/c1-5-6-7-8-9-12-28-13-18-31(19-14-28)42-35(38)29-15-20-32(21-16-29)43-36(39)30-17-22-33(27(4)25-30)40-23-10-11-24-41-34(37)26(2)3/h13-22,25H,2,5-12,23-24H2,1,3-4H3. The molecule has 0 aliphatic carbocycles. The molecule has 0 heterocycles. The Morgan fingerprint density at radius 2 is 1.28 bits per heavy atom. The maximum absolute atomic E-state index is 12.7. The van der Waals surface area contributed by atoms with Crippen molar-refractivity contribution in [3.05, 3.63) is 101 Å². The first-order valence-electron chi connectivity index (χ1n) is 15.0. The van der Waals surface area contributed by atoms with Crippen molar-refractivity contribution in [2.45, 2.75) is 72.1 Å². The highest BCUT2D eigenvalue weighted by Crippen LogP contribution is 2.22. The van der Waals surface area contributed by atoms with E-state index in [1.807, 2.05) is 31.2 Å². The summed E-state index contributed by atoms with van der Waals surface area (Å²) in [4.78, 5) is 36.7. The van der Waals surface area contributed by atoms with E-state index in [9.17, 15) is 14.4 Å². The summed E-state index contributed by atoms with van der Waals surface area (Å²) >= 11 is 0. The van der Waals surface area contributed by atoms with Crippen molar-refractivity contribution in [1.82, 2.24) is 0 Å². The molecule has 0 radical (unpaired) electrons. The van der Waals surface area contributed by atoms with Crippen LogP contribution < -0.4 is 14.2 Å². The zero-order chi connectivity index (χ0) is 31.0. The molecule has 0 bridgehead atoms. The minimum atomic E-state index is -0.519. The molecule has 0 aromatic heterocycles. The Morgan fingerprint density at radius 3 is 1.91 bits per heavy atom. The number of unbranched alkanes of at least 4 members (excludes halogenated alkanes) is 5. The third-order valence-corrected chi connectivity index (χ3v) is 6.79. The van der Waals surface area contributed by atoms with E-state index in [1.54, 1.807) is 49.4 Å². The SMILES string of the molecule is C=C(C)C(=O)OCCCCOc1ccc(C(=O)Oc2ccc(C(=O)Oc3ccc(CCCCCCC)cc3)cc2)cc1C. The highest BCUT2D eigenvalue weighted by Gasteiger charge is 2.13. The molecule has 7 nitrogen and oxygen atoms in total. The van der Waals surface area contributed by atoms with E-state index in [1.165, 1.54) is 31.2 Å². The Hall–Kier alpha value is -4.39. The molecule has 0 aliphatic rings. The molecule has 0 amide bonds. The minimum absolute atomic E-state index is 0.314. The number of benzene rings is 3. The number of carbonyl (C=O) groups excluding carboxylic acids is 3. The van der Waals surface area contributed by atoms with Crippen molar-refractivity contribution in [3.63, 3.8) is 0 Å². The highest BCUT2D eigenvalue weighted by atomic mass is 16.5. The van der Waals surface area contributed by atoms with E-state index in [4.69, 9.17) is 18.9 Å². The van der Waals surface area contributed by atoms with Crippen molar-refractivity contribution in [3.8, 4) is 17.2 Å². The molecular formula is C36H42O7. The molecule has 0 saturated carbocycles. The molecule has 228 valence electrons. The first-order valence-corrected chi connectivity index (χ1v) is 15.0. The summed E-state index contributed by atoms with van der Waals surface area (Å²) in [5.41, 5.74) is 3.13. The number of hydrogen-bond donors (Lipinski definition) is 0. The molecule has 3 aromatic rings. The maximum atomic E-state index is 12.7. The van der Waals surface area contributed by atoms with Crippen molar-refractivity contribution in [1.29, 1.82) is 0 Å². The van der Waals surface area contributed by atoms with Crippen LogP contribution in [0.1, 0.15) is 90.6 Å². The van der Waals surface area contributed by atoms with Crippen molar-refractivity contribution in [2.75, 3.05) is 13.2 Å². The van der Waals surface area contributed by atoms with Crippen molar-refractivity contribution >= 4 is 17.9 Å². The first kappa shape index (κ1) is 33.1. The fourth-order valence-corrected chi connectivity index (χ4v) is 4.26. The summed E-state index contributed by atoms with van der Waals surface area (Å²) in [6.07, 6.45) is 8.59. The Balaban J connectivity index is 1.43. The van der Waals surface area contributed by atoms with E-state index >= 15 is 0 Å². The molecule has 0 saturated heterocycles. The molecule has 3 rings (SSSR count). The summed E-state index contributed by atoms with van der Waals surface area (Å²) in [6, 6.07) is 19.0. The molecule has 7 heteroatoms. The number of hydrogen-bond acceptors (Lipinski definition) is 7. The number of ether oxygens (including phenoxy) is 4. The highest BCUT2D eigenvalue weighted by molar-refractivity contribution is 5.93. The molecule has 0 unspecified atom stereocenters. The van der Waals surface area contributed by atoms with Gasteiger partial charge in [0.15, 0.2) is 0 Å². The van der Waals surface area contributed by atoms with Crippen LogP contribution in [0.4, 0.5) is 0 Å². The molecule has 43 heavy (non-hydrogen) atoms. The lowest BCUT2D eigenvalue weighted by Crippen LogP contribution is -2.11. The quantitative estimate of drug-likeness (QED) is 0.0681. The Labute approximate surface area is 254 Å². The van der Waals surface area contributed by atoms with E-state index in [-0.39, 0.29) is 0 Å². The van der Waals surface area contributed by atoms with Crippen LogP contribution in [-0.4, -0.2) is 31.1 Å². The third kappa shape index (κ3) is 11.4. The van der Waals surface area contributed by atoms with Gasteiger partial charge in [0.1, 0.15) is 17.2 Å². The first-order chi connectivity index (χ1) is 20.8. The zero-order valence-electron chi connectivity index (χ0n) is 25.5. The van der Waals surface area contributed by atoms with Gasteiger partial charge in [-0.1, -0.05) is 51.3 Å². The number of carbonyl (C=O) groups is 3. The van der Waals surface area contributed by atoms with Gasteiger partial charge in [-0.15, -0.1) is 0 Å². The minimum Gasteiger partial charge on any atom is -0.493 e. The molecule has 0 fully saturated rings. The van der Waals surface area contributed by atoms with E-state index in [0.29, 0.717) is 60.0 Å². The normalized spacial score (nSPS) is 10.6. The largest absolute Gasteiger partial charge is 0.493 e. The maximum Gasteiger partial charge on any atom is 0.343 e. The molecule has 0 spiro atoms. The third-order valence-electron chi connectivity index (χ3n) is 6.79. The molecule has 0 aliphatic heterocycles. The Bertz CT molecular complexity index is 1360. The van der Waals surface area contributed by atoms with Gasteiger partial charge in [0.05, 0.1) is 24.3 Å². The van der Waals surface area contributed by atoms with Crippen LogP contribution >= 0.6 is 0 Å². The topological polar surface area (TPSA) is 88.1 Å². The van der Waals surface area contributed by atoms with Gasteiger partial charge in [0.2, 0.25) is 0 Å². The molecule has 0 N–H and O–H groups in total. The summed E-state index contributed by atoms with van der Waals surface area (Å²) in [6.45, 7) is 9.99. The van der Waals surface area contributed by atoms with Gasteiger partial charge in [-0.05, 0) is 105 Å². The van der Waals surface area contributed by atoms with Crippen molar-refractivity contribution in [2.24, 2.45) is 0 Å². The van der Waals surface area contributed by atoms with Crippen LogP contribution in [0.2, 0.25) is 0 Å². The molecule has 0 atom stereocenters. The summed E-state index contributed by atoms with van der Waals surface area (Å²) in [7, 11) is 0. The Kier molecular flexibility index (Phi) is 13.5. The summed E-state index contributed by atoms with van der Waals surface area (Å²) in [5, 5.41) is 0. The van der Waals surface area contributed by atoms with E-state index in [2.05, 4.69) is 13.5 Å². The lowest BCUT2D eigenvalue weighted by Gasteiger charge is -2.11. The second-order valence-corrected chi connectivity index (χ2v) is 10.6. The van der Waals surface area contributed by atoms with Gasteiger partial charge in [0.25, 0.3) is 0 Å². The lowest BCUT2D eigenvalue weighted by molar-refractivity contribution is -0.139. The van der Waals surface area contributed by atoms with Gasteiger partial charge >= 0.3 is 17.9 Å². The summed E-state index contributed by atoms with van der Waals surface area (Å²) in [5.74, 6) is 0.0734. The number of esters is 3. The van der Waals surface area contributed by atoms with Gasteiger partial charge in [0, 0.05) is 5.57 Å². The average molecular weight is 587 g/mol. The van der Waals surface area contributed by atoms with E-state index < -0.39 is 17.9 Å². The second-order valence-electron chi connectivity index (χ2n) is 10.6. The predicted molar refractivity (Wildman–Crippen MR) is 167 cm³/mol. The number of rotatable bonds is 17. The Morgan fingerprint density at radius 1 is 0.698 bits per heavy atom. The van der Waals surface area contributed by atoms with Crippen LogP contribution in [0.25, 0.3) is 0 Å². The monoisotopic (exact) mass is 586 g/mol. The molecule has 3 aromatic carbocycles. The lowest BCUT2D eigenvalue weighted by atomic mass is 10.1. The van der Waals surface area contributed by atoms with Crippen LogP contribution in [-0.2, 0) is 16.0 Å². The predicted octanol–water partition coefficient (Wildman–Crippen LogP) is 8.22. The summed E-state index contributed by atoms with van der Waals surface area (Å²) < 4.78 is 21.9. The second kappa shape index (κ2) is 17.5. The molecular weight excluding hydrogens is 544 g/mol. The fraction of sp³-hybridized carbons (Fsp3) is 0.361. The average Bonchev–Trinajstić information content (AvgIpc) is 3.00. The fourth-order valence-electron chi connectivity index (χ4n) is 4.26. The van der Waals surface area contributed by atoms with Crippen LogP contribution in [0, 0.1) is 6.92 Å². The van der Waals surface area contributed by atoms with E-state index in [0.717, 1.165) is 18.4 Å².